The van der Waals surface area contributed by atoms with Crippen molar-refractivity contribution in [1.29, 1.82) is 0 Å². The lowest BCUT2D eigenvalue weighted by Gasteiger charge is -2.31. The predicted octanol–water partition coefficient (Wildman–Crippen LogP) is 4.59. The second kappa shape index (κ2) is 11.9. The smallest absolute Gasteiger partial charge is 0.254 e. The van der Waals surface area contributed by atoms with Gasteiger partial charge in [-0.15, -0.1) is 0 Å². The number of nitrogens with zero attached hydrogens (tertiary/aromatic N) is 5. The van der Waals surface area contributed by atoms with Gasteiger partial charge in [0, 0.05) is 25.5 Å². The molecule has 1 fully saturated rings. The van der Waals surface area contributed by atoms with Crippen molar-refractivity contribution in [1.82, 2.24) is 24.6 Å². The van der Waals surface area contributed by atoms with Gasteiger partial charge in [0.05, 0.1) is 30.7 Å². The number of carbonyl (C=O) groups excluding carboxylic acids is 2. The Bertz CT molecular complexity index is 1580. The van der Waals surface area contributed by atoms with E-state index >= 15 is 0 Å². The van der Waals surface area contributed by atoms with Crippen molar-refractivity contribution in [3.63, 3.8) is 0 Å². The molecule has 0 spiro atoms. The van der Waals surface area contributed by atoms with Gasteiger partial charge in [-0.05, 0) is 54.7 Å². The SMILES string of the molecule is C=CC(=O)N1CCC(n2cc(Nc3ncc(C(N)=O)c(Nc4c(C)cc(-c5ccccc5)cc4OC)n3)cn2)CC1. The molecule has 0 radical (unpaired) electrons. The van der Waals surface area contributed by atoms with Crippen LogP contribution in [-0.2, 0) is 4.79 Å². The van der Waals surface area contributed by atoms with Crippen LogP contribution >= 0.6 is 0 Å². The second-order valence-electron chi connectivity index (χ2n) is 9.78. The fourth-order valence-electron chi connectivity index (χ4n) is 4.92. The van der Waals surface area contributed by atoms with Gasteiger partial charge < -0.3 is 26.0 Å². The number of nitrogens with one attached hydrogen (secondary N) is 2. The monoisotopic (exact) mass is 552 g/mol. The molecule has 0 aliphatic carbocycles. The molecule has 2 aromatic carbocycles. The lowest BCUT2D eigenvalue weighted by molar-refractivity contribution is -0.127. The first kappa shape index (κ1) is 27.4. The van der Waals surface area contributed by atoms with Gasteiger partial charge in [0.25, 0.3) is 5.91 Å². The highest BCUT2D eigenvalue weighted by molar-refractivity contribution is 5.98. The lowest BCUT2D eigenvalue weighted by Crippen LogP contribution is -2.38. The molecule has 0 atom stereocenters. The minimum atomic E-state index is -0.661. The summed E-state index contributed by atoms with van der Waals surface area (Å²) in [6.07, 6.45) is 7.89. The van der Waals surface area contributed by atoms with Gasteiger partial charge in [-0.25, -0.2) is 4.98 Å². The number of hydrogen-bond acceptors (Lipinski definition) is 8. The summed E-state index contributed by atoms with van der Waals surface area (Å²) in [5.74, 6) is 0.392. The first-order valence-electron chi connectivity index (χ1n) is 13.3. The number of nitrogens with two attached hydrogens (primary N) is 1. The van der Waals surface area contributed by atoms with E-state index in [1.165, 1.54) is 12.3 Å². The highest BCUT2D eigenvalue weighted by Gasteiger charge is 2.23. The number of ether oxygens (including phenoxy) is 1. The van der Waals surface area contributed by atoms with Gasteiger partial charge in [-0.2, -0.15) is 10.1 Å². The second-order valence-corrected chi connectivity index (χ2v) is 9.78. The molecule has 11 heteroatoms. The number of carbonyl (C=O) groups is 2. The number of aromatic nitrogens is 4. The molecule has 0 unspecified atom stereocenters. The third-order valence-corrected chi connectivity index (χ3v) is 7.11. The van der Waals surface area contributed by atoms with E-state index < -0.39 is 5.91 Å². The Balaban J connectivity index is 1.36. The summed E-state index contributed by atoms with van der Waals surface area (Å²) < 4.78 is 7.58. The molecule has 1 aliphatic heterocycles. The standard InChI is InChI=1S/C30H32N8O3/c1-4-26(39)37-12-10-23(11-13-37)38-18-22(16-33-38)34-30-32-17-24(28(31)40)29(36-30)35-27-19(2)14-21(15-25(27)41-3)20-8-6-5-7-9-20/h4-9,14-18,23H,1,10-13H2,2-3H3,(H2,31,40)(H2,32,34,35,36). The zero-order valence-corrected chi connectivity index (χ0v) is 23.0. The van der Waals surface area contributed by atoms with Crippen molar-refractivity contribution in [2.24, 2.45) is 5.73 Å². The molecule has 5 rings (SSSR count). The summed E-state index contributed by atoms with van der Waals surface area (Å²) in [7, 11) is 1.59. The van der Waals surface area contributed by atoms with E-state index in [1.807, 2.05) is 60.3 Å². The number of rotatable bonds is 9. The third-order valence-electron chi connectivity index (χ3n) is 7.11. The number of hydrogen-bond donors (Lipinski definition) is 3. The number of piperidine rings is 1. The number of anilines is 4. The third kappa shape index (κ3) is 6.03. The van der Waals surface area contributed by atoms with Gasteiger partial charge >= 0.3 is 0 Å². The minimum Gasteiger partial charge on any atom is -0.495 e. The number of methoxy groups -OCH3 is 1. The first-order chi connectivity index (χ1) is 19.9. The van der Waals surface area contributed by atoms with Crippen LogP contribution in [0.25, 0.3) is 11.1 Å². The van der Waals surface area contributed by atoms with Crippen LogP contribution in [0.15, 0.2) is 73.7 Å². The number of likely N-dealkylation sites (tertiary alicyclic amines) is 1. The highest BCUT2D eigenvalue weighted by atomic mass is 16.5. The van der Waals surface area contributed by atoms with Crippen molar-refractivity contribution in [2.45, 2.75) is 25.8 Å². The topological polar surface area (TPSA) is 140 Å². The molecule has 2 aromatic heterocycles. The lowest BCUT2D eigenvalue weighted by atomic mass is 10.0. The first-order valence-corrected chi connectivity index (χ1v) is 13.3. The van der Waals surface area contributed by atoms with E-state index in [0.29, 0.717) is 30.2 Å². The van der Waals surface area contributed by atoms with Crippen LogP contribution in [0.5, 0.6) is 5.75 Å². The summed E-state index contributed by atoms with van der Waals surface area (Å²) in [5, 5.41) is 10.9. The molecule has 3 heterocycles. The van der Waals surface area contributed by atoms with E-state index in [4.69, 9.17) is 10.5 Å². The Morgan fingerprint density at radius 1 is 1.10 bits per heavy atom. The molecule has 11 nitrogen and oxygen atoms in total. The van der Waals surface area contributed by atoms with E-state index in [0.717, 1.165) is 29.5 Å². The number of amides is 2. The molecule has 2 amide bonds. The summed E-state index contributed by atoms with van der Waals surface area (Å²) >= 11 is 0. The van der Waals surface area contributed by atoms with Crippen molar-refractivity contribution >= 4 is 35.0 Å². The molecule has 1 saturated heterocycles. The van der Waals surface area contributed by atoms with Crippen LogP contribution in [-0.4, -0.2) is 56.7 Å². The Hall–Kier alpha value is -5.19. The van der Waals surface area contributed by atoms with Crippen LogP contribution in [0.1, 0.15) is 34.8 Å². The average Bonchev–Trinajstić information content (AvgIpc) is 3.46. The molecule has 1 aliphatic rings. The zero-order valence-electron chi connectivity index (χ0n) is 23.0. The molecule has 4 aromatic rings. The van der Waals surface area contributed by atoms with Crippen molar-refractivity contribution < 1.29 is 14.3 Å². The Morgan fingerprint density at radius 2 is 1.85 bits per heavy atom. The van der Waals surface area contributed by atoms with E-state index in [2.05, 4.69) is 32.3 Å². The van der Waals surface area contributed by atoms with Crippen LogP contribution in [0.4, 0.5) is 23.1 Å². The molecule has 0 bridgehead atoms. The zero-order chi connectivity index (χ0) is 28.9. The van der Waals surface area contributed by atoms with Gasteiger partial charge in [0.2, 0.25) is 11.9 Å². The Kier molecular flexibility index (Phi) is 7.95. The highest BCUT2D eigenvalue weighted by Crippen LogP contribution is 2.36. The maximum atomic E-state index is 12.2. The van der Waals surface area contributed by atoms with Crippen LogP contribution in [0, 0.1) is 6.92 Å². The van der Waals surface area contributed by atoms with Crippen molar-refractivity contribution in [3.8, 4) is 16.9 Å². The molecular formula is C30H32N8O3. The molecule has 4 N–H and O–H groups in total. The number of aryl methyl sites for hydroxylation is 1. The summed E-state index contributed by atoms with van der Waals surface area (Å²) in [6, 6.07) is 14.1. The van der Waals surface area contributed by atoms with E-state index in [9.17, 15) is 9.59 Å². The molecular weight excluding hydrogens is 520 g/mol. The van der Waals surface area contributed by atoms with E-state index in [1.54, 1.807) is 18.2 Å². The molecule has 0 saturated carbocycles. The van der Waals surface area contributed by atoms with Gasteiger partial charge in [-0.1, -0.05) is 36.9 Å². The van der Waals surface area contributed by atoms with E-state index in [-0.39, 0.29) is 29.3 Å². The van der Waals surface area contributed by atoms with Crippen LogP contribution in [0.2, 0.25) is 0 Å². The predicted molar refractivity (Wildman–Crippen MR) is 158 cm³/mol. The molecule has 210 valence electrons. The Morgan fingerprint density at radius 3 is 2.54 bits per heavy atom. The fourth-order valence-corrected chi connectivity index (χ4v) is 4.92. The summed E-state index contributed by atoms with van der Waals surface area (Å²) in [5.41, 5.74) is 10.1. The quantitative estimate of drug-likeness (QED) is 0.256. The largest absolute Gasteiger partial charge is 0.495 e. The number of primary amides is 1. The van der Waals surface area contributed by atoms with Gasteiger partial charge in [0.1, 0.15) is 17.1 Å². The van der Waals surface area contributed by atoms with Gasteiger partial charge in [0.15, 0.2) is 0 Å². The van der Waals surface area contributed by atoms with Crippen LogP contribution in [0.3, 0.4) is 0 Å². The maximum Gasteiger partial charge on any atom is 0.254 e. The van der Waals surface area contributed by atoms with Gasteiger partial charge in [-0.3, -0.25) is 14.3 Å². The summed E-state index contributed by atoms with van der Waals surface area (Å²) in [6.45, 7) is 6.82. The number of benzene rings is 2. The molecule has 41 heavy (non-hydrogen) atoms. The van der Waals surface area contributed by atoms with Crippen molar-refractivity contribution in [3.05, 3.63) is 84.8 Å². The normalized spacial score (nSPS) is 13.5. The van der Waals surface area contributed by atoms with Crippen molar-refractivity contribution in [2.75, 3.05) is 30.8 Å². The average molecular weight is 553 g/mol. The fraction of sp³-hybridized carbons (Fsp3) is 0.233. The Labute approximate surface area is 238 Å². The minimum absolute atomic E-state index is 0.0489. The maximum absolute atomic E-state index is 12.2. The summed E-state index contributed by atoms with van der Waals surface area (Å²) in [4.78, 5) is 34.8. The van der Waals surface area contributed by atoms with Crippen LogP contribution < -0.4 is 21.1 Å².